The quantitative estimate of drug-likeness (QED) is 0.425. The zero-order valence-electron chi connectivity index (χ0n) is 8.82. The number of unbranched alkanes of at least 4 members (excludes halogenated alkanes) is 3. The summed E-state index contributed by atoms with van der Waals surface area (Å²) >= 11 is 0. The lowest BCUT2D eigenvalue weighted by molar-refractivity contribution is -0.138. The highest BCUT2D eigenvalue weighted by Gasteiger charge is 2.34. The number of hydrogen-bond acceptors (Lipinski definition) is 3. The molecule has 14 heavy (non-hydrogen) atoms. The topological polar surface area (TPSA) is 46.5 Å². The predicted molar refractivity (Wildman–Crippen MR) is 53.8 cm³/mol. The third kappa shape index (κ3) is 2.58. The molecule has 1 aliphatic heterocycles. The molecule has 0 aromatic carbocycles. The number of ether oxygens (including phenoxy) is 1. The van der Waals surface area contributed by atoms with Gasteiger partial charge in [-0.1, -0.05) is 25.8 Å². The number of carbonyl (C=O) groups excluding carboxylic acids is 1. The fraction of sp³-hybridized carbons (Fsp3) is 0.727. The molecule has 1 N–H and O–H groups in total. The fourth-order valence-corrected chi connectivity index (χ4v) is 1.53. The maximum atomic E-state index is 11.2. The van der Waals surface area contributed by atoms with Crippen LogP contribution in [0.2, 0.25) is 0 Å². The van der Waals surface area contributed by atoms with Gasteiger partial charge in [0.2, 0.25) is 0 Å². The van der Waals surface area contributed by atoms with Gasteiger partial charge in [-0.05, 0) is 19.8 Å². The molecule has 1 rings (SSSR count). The van der Waals surface area contributed by atoms with E-state index < -0.39 is 6.10 Å². The summed E-state index contributed by atoms with van der Waals surface area (Å²) < 4.78 is 4.89. The third-order valence-electron chi connectivity index (χ3n) is 2.46. The second kappa shape index (κ2) is 5.15. The minimum Gasteiger partial charge on any atom is -0.456 e. The number of esters is 1. The standard InChI is InChI=1S/C11H18O3/c1-3-4-5-6-7-9-10(12)8(2)14-11(9)13/h7-8,10,12H,3-6H2,1-2H3/b9-7-/t8-,10-/m0/s1. The first-order valence-corrected chi connectivity index (χ1v) is 5.26. The van der Waals surface area contributed by atoms with Gasteiger partial charge in [0.1, 0.15) is 12.2 Å². The van der Waals surface area contributed by atoms with E-state index in [1.807, 2.05) is 6.08 Å². The normalized spacial score (nSPS) is 29.6. The highest BCUT2D eigenvalue weighted by atomic mass is 16.6. The Morgan fingerprint density at radius 1 is 1.50 bits per heavy atom. The van der Waals surface area contributed by atoms with Gasteiger partial charge in [-0.3, -0.25) is 0 Å². The molecule has 0 unspecified atom stereocenters. The molecule has 1 heterocycles. The molecule has 1 fully saturated rings. The maximum absolute atomic E-state index is 11.2. The number of cyclic esters (lactones) is 1. The Balaban J connectivity index is 2.45. The summed E-state index contributed by atoms with van der Waals surface area (Å²) in [5.74, 6) is -0.360. The Bertz CT molecular complexity index is 233. The van der Waals surface area contributed by atoms with Crippen LogP contribution in [0.3, 0.4) is 0 Å². The molecule has 0 aromatic rings. The van der Waals surface area contributed by atoms with Crippen molar-refractivity contribution in [2.24, 2.45) is 0 Å². The SMILES string of the molecule is CCCCC/C=C1\C(=O)O[C@@H](C)[C@@H]1O. The zero-order chi connectivity index (χ0) is 10.6. The average Bonchev–Trinajstić information content (AvgIpc) is 2.38. The molecule has 1 saturated heterocycles. The van der Waals surface area contributed by atoms with Crippen molar-refractivity contribution in [1.29, 1.82) is 0 Å². The Morgan fingerprint density at radius 3 is 2.71 bits per heavy atom. The predicted octanol–water partition coefficient (Wildman–Crippen LogP) is 1.80. The molecule has 0 saturated carbocycles. The molecule has 0 bridgehead atoms. The van der Waals surface area contributed by atoms with Crippen LogP contribution in [-0.4, -0.2) is 23.3 Å². The van der Waals surface area contributed by atoms with Gasteiger partial charge in [-0.2, -0.15) is 0 Å². The van der Waals surface area contributed by atoms with Crippen LogP contribution in [0.25, 0.3) is 0 Å². The highest BCUT2D eigenvalue weighted by molar-refractivity contribution is 5.92. The van der Waals surface area contributed by atoms with Crippen molar-refractivity contribution in [2.45, 2.75) is 51.7 Å². The van der Waals surface area contributed by atoms with Crippen LogP contribution in [0.1, 0.15) is 39.5 Å². The van der Waals surface area contributed by atoms with E-state index in [2.05, 4.69) is 6.92 Å². The molecule has 0 aliphatic carbocycles. The average molecular weight is 198 g/mol. The lowest BCUT2D eigenvalue weighted by Crippen LogP contribution is -2.17. The lowest BCUT2D eigenvalue weighted by Gasteiger charge is -2.04. The molecule has 3 heteroatoms. The van der Waals surface area contributed by atoms with Crippen molar-refractivity contribution in [2.75, 3.05) is 0 Å². The summed E-state index contributed by atoms with van der Waals surface area (Å²) in [4.78, 5) is 11.2. The van der Waals surface area contributed by atoms with E-state index in [0.29, 0.717) is 5.57 Å². The van der Waals surface area contributed by atoms with E-state index in [9.17, 15) is 9.90 Å². The number of aliphatic hydroxyl groups is 1. The first-order chi connectivity index (χ1) is 6.66. The summed E-state index contributed by atoms with van der Waals surface area (Å²) in [6.45, 7) is 3.84. The van der Waals surface area contributed by atoms with Crippen LogP contribution in [0.15, 0.2) is 11.6 Å². The van der Waals surface area contributed by atoms with Gasteiger partial charge >= 0.3 is 5.97 Å². The van der Waals surface area contributed by atoms with Gasteiger partial charge in [-0.25, -0.2) is 4.79 Å². The van der Waals surface area contributed by atoms with Gasteiger partial charge in [0.15, 0.2) is 0 Å². The number of carbonyl (C=O) groups is 1. The Morgan fingerprint density at radius 2 is 2.21 bits per heavy atom. The van der Waals surface area contributed by atoms with E-state index in [0.717, 1.165) is 25.7 Å². The Hall–Kier alpha value is -0.830. The number of aliphatic hydroxyl groups excluding tert-OH is 1. The van der Waals surface area contributed by atoms with E-state index in [4.69, 9.17) is 4.74 Å². The molecule has 0 amide bonds. The number of allylic oxidation sites excluding steroid dienone is 1. The number of hydrogen-bond donors (Lipinski definition) is 1. The van der Waals surface area contributed by atoms with Crippen LogP contribution >= 0.6 is 0 Å². The monoisotopic (exact) mass is 198 g/mol. The van der Waals surface area contributed by atoms with Crippen molar-refractivity contribution in [3.8, 4) is 0 Å². The fourth-order valence-electron chi connectivity index (χ4n) is 1.53. The van der Waals surface area contributed by atoms with Crippen molar-refractivity contribution in [3.63, 3.8) is 0 Å². The van der Waals surface area contributed by atoms with Gasteiger partial charge < -0.3 is 9.84 Å². The summed E-state index contributed by atoms with van der Waals surface area (Å²) in [6, 6.07) is 0. The molecule has 3 nitrogen and oxygen atoms in total. The van der Waals surface area contributed by atoms with E-state index in [-0.39, 0.29) is 12.1 Å². The van der Waals surface area contributed by atoms with Gasteiger partial charge in [-0.15, -0.1) is 0 Å². The van der Waals surface area contributed by atoms with E-state index in [1.165, 1.54) is 0 Å². The molecule has 1 aliphatic rings. The van der Waals surface area contributed by atoms with Crippen molar-refractivity contribution in [1.82, 2.24) is 0 Å². The Labute approximate surface area is 84.8 Å². The molecular weight excluding hydrogens is 180 g/mol. The molecule has 0 radical (unpaired) electrons. The van der Waals surface area contributed by atoms with Crippen molar-refractivity contribution in [3.05, 3.63) is 11.6 Å². The first-order valence-electron chi connectivity index (χ1n) is 5.26. The van der Waals surface area contributed by atoms with Crippen LogP contribution in [0.4, 0.5) is 0 Å². The van der Waals surface area contributed by atoms with Crippen LogP contribution in [0, 0.1) is 0 Å². The Kier molecular flexibility index (Phi) is 4.14. The highest BCUT2D eigenvalue weighted by Crippen LogP contribution is 2.21. The number of rotatable bonds is 4. The largest absolute Gasteiger partial charge is 0.456 e. The van der Waals surface area contributed by atoms with Gasteiger partial charge in [0.25, 0.3) is 0 Å². The second-order valence-electron chi connectivity index (χ2n) is 3.71. The summed E-state index contributed by atoms with van der Waals surface area (Å²) in [5, 5.41) is 9.57. The van der Waals surface area contributed by atoms with Crippen LogP contribution in [-0.2, 0) is 9.53 Å². The summed E-state index contributed by atoms with van der Waals surface area (Å²) in [6.07, 6.45) is 4.92. The van der Waals surface area contributed by atoms with Crippen molar-refractivity contribution >= 4 is 5.97 Å². The smallest absolute Gasteiger partial charge is 0.336 e. The van der Waals surface area contributed by atoms with E-state index >= 15 is 0 Å². The first kappa shape index (κ1) is 11.2. The van der Waals surface area contributed by atoms with Gasteiger partial charge in [0.05, 0.1) is 5.57 Å². The molecule has 80 valence electrons. The van der Waals surface area contributed by atoms with Gasteiger partial charge in [0, 0.05) is 0 Å². The van der Waals surface area contributed by atoms with Crippen LogP contribution < -0.4 is 0 Å². The summed E-state index contributed by atoms with van der Waals surface area (Å²) in [5.41, 5.74) is 0.439. The molecular formula is C11H18O3. The van der Waals surface area contributed by atoms with Crippen molar-refractivity contribution < 1.29 is 14.6 Å². The van der Waals surface area contributed by atoms with Crippen LogP contribution in [0.5, 0.6) is 0 Å². The minimum absolute atomic E-state index is 0.360. The van der Waals surface area contributed by atoms with E-state index in [1.54, 1.807) is 6.92 Å². The zero-order valence-corrected chi connectivity index (χ0v) is 8.82. The summed E-state index contributed by atoms with van der Waals surface area (Å²) in [7, 11) is 0. The third-order valence-corrected chi connectivity index (χ3v) is 2.46. The molecule has 0 spiro atoms. The lowest BCUT2D eigenvalue weighted by atomic mass is 10.1. The molecule has 2 atom stereocenters. The minimum atomic E-state index is -0.732. The second-order valence-corrected chi connectivity index (χ2v) is 3.71. The maximum Gasteiger partial charge on any atom is 0.336 e. The molecule has 0 aromatic heterocycles.